The fourth-order valence-corrected chi connectivity index (χ4v) is 2.86. The Labute approximate surface area is 149 Å². The number of hydrogen-bond donors (Lipinski definition) is 1. The molecule has 4 nitrogen and oxygen atoms in total. The van der Waals surface area contributed by atoms with Gasteiger partial charge in [-0.05, 0) is 43.5 Å². The van der Waals surface area contributed by atoms with Crippen LogP contribution >= 0.6 is 11.6 Å². The molecule has 1 fully saturated rings. The summed E-state index contributed by atoms with van der Waals surface area (Å²) in [4.78, 5) is 25.8. The van der Waals surface area contributed by atoms with E-state index in [1.165, 1.54) is 12.1 Å². The highest BCUT2D eigenvalue weighted by molar-refractivity contribution is 6.17. The molecule has 0 bridgehead atoms. The third kappa shape index (κ3) is 5.63. The highest BCUT2D eigenvalue weighted by Crippen LogP contribution is 2.29. The second-order valence-corrected chi connectivity index (χ2v) is 6.37. The van der Waals surface area contributed by atoms with E-state index in [4.69, 9.17) is 11.6 Å². The van der Waals surface area contributed by atoms with Gasteiger partial charge in [-0.1, -0.05) is 0 Å². The normalized spacial score (nSPS) is 15.9. The zero-order valence-corrected chi connectivity index (χ0v) is 14.4. The summed E-state index contributed by atoms with van der Waals surface area (Å²) in [5, 5.41) is 2.82. The van der Waals surface area contributed by atoms with Crippen molar-refractivity contribution in [2.24, 2.45) is 0 Å². The van der Waals surface area contributed by atoms with Gasteiger partial charge in [0.05, 0.1) is 5.56 Å². The maximum Gasteiger partial charge on any atom is 0.416 e. The molecule has 2 rings (SSSR count). The molecule has 1 aromatic rings. The molecule has 1 saturated heterocycles. The van der Waals surface area contributed by atoms with E-state index in [-0.39, 0.29) is 17.5 Å². The summed E-state index contributed by atoms with van der Waals surface area (Å²) in [5.41, 5.74) is -0.596. The van der Waals surface area contributed by atoms with Crippen LogP contribution in [0.25, 0.3) is 0 Å². The van der Waals surface area contributed by atoms with E-state index in [0.29, 0.717) is 44.7 Å². The van der Waals surface area contributed by atoms with Crippen LogP contribution in [0.5, 0.6) is 0 Å². The monoisotopic (exact) mass is 376 g/mol. The summed E-state index contributed by atoms with van der Waals surface area (Å²) >= 11 is 5.58. The lowest BCUT2D eigenvalue weighted by Crippen LogP contribution is -2.46. The average molecular weight is 377 g/mol. The SMILES string of the molecule is O=C(NC1CCN(C(=O)CCCCl)CC1)c1ccc(C(F)(F)F)cc1. The Morgan fingerprint density at radius 2 is 1.76 bits per heavy atom. The van der Waals surface area contributed by atoms with E-state index in [1.54, 1.807) is 4.90 Å². The standard InChI is InChI=1S/C17H20ClF3N2O2/c18-9-1-2-15(24)23-10-7-14(8-11-23)22-16(25)12-3-5-13(6-4-12)17(19,20)21/h3-6,14H,1-2,7-11H2,(H,22,25). The zero-order chi connectivity index (χ0) is 18.4. The Bertz CT molecular complexity index is 597. The molecule has 1 aliphatic rings. The largest absolute Gasteiger partial charge is 0.416 e. The van der Waals surface area contributed by atoms with Crippen molar-refractivity contribution in [1.82, 2.24) is 10.2 Å². The van der Waals surface area contributed by atoms with Crippen LogP contribution in [-0.2, 0) is 11.0 Å². The number of likely N-dealkylation sites (tertiary alicyclic amines) is 1. The highest BCUT2D eigenvalue weighted by atomic mass is 35.5. The van der Waals surface area contributed by atoms with Crippen LogP contribution in [0.3, 0.4) is 0 Å². The molecule has 1 N–H and O–H groups in total. The van der Waals surface area contributed by atoms with Gasteiger partial charge in [-0.25, -0.2) is 0 Å². The van der Waals surface area contributed by atoms with Gasteiger partial charge in [-0.2, -0.15) is 13.2 Å². The number of amides is 2. The lowest BCUT2D eigenvalue weighted by atomic mass is 10.0. The lowest BCUT2D eigenvalue weighted by Gasteiger charge is -2.32. The van der Waals surface area contributed by atoms with E-state index in [0.717, 1.165) is 12.1 Å². The number of benzene rings is 1. The Balaban J connectivity index is 1.83. The quantitative estimate of drug-likeness (QED) is 0.800. The van der Waals surface area contributed by atoms with E-state index in [1.807, 2.05) is 0 Å². The van der Waals surface area contributed by atoms with Gasteiger partial charge < -0.3 is 10.2 Å². The van der Waals surface area contributed by atoms with Crippen LogP contribution in [0.15, 0.2) is 24.3 Å². The van der Waals surface area contributed by atoms with E-state index in [9.17, 15) is 22.8 Å². The number of carbonyl (C=O) groups is 2. The van der Waals surface area contributed by atoms with Crippen LogP contribution in [-0.4, -0.2) is 41.7 Å². The summed E-state index contributed by atoms with van der Waals surface area (Å²) in [6.07, 6.45) is -2.10. The number of halogens is 4. The van der Waals surface area contributed by atoms with Crippen LogP contribution in [0, 0.1) is 0 Å². The summed E-state index contributed by atoms with van der Waals surface area (Å²) in [6.45, 7) is 1.11. The molecule has 1 aromatic carbocycles. The first kappa shape index (κ1) is 19.6. The molecule has 138 valence electrons. The molecule has 0 atom stereocenters. The predicted octanol–water partition coefficient (Wildman–Crippen LogP) is 3.45. The number of alkyl halides is 4. The van der Waals surface area contributed by atoms with Crippen molar-refractivity contribution in [3.8, 4) is 0 Å². The van der Waals surface area contributed by atoms with Crippen molar-refractivity contribution in [1.29, 1.82) is 0 Å². The van der Waals surface area contributed by atoms with Gasteiger partial charge in [0.25, 0.3) is 5.91 Å². The van der Waals surface area contributed by atoms with Gasteiger partial charge in [-0.3, -0.25) is 9.59 Å². The average Bonchev–Trinajstić information content (AvgIpc) is 2.59. The maximum atomic E-state index is 12.5. The van der Waals surface area contributed by atoms with Crippen molar-refractivity contribution in [2.75, 3.05) is 19.0 Å². The fourth-order valence-electron chi connectivity index (χ4n) is 2.73. The Kier molecular flexibility index (Phi) is 6.70. The molecule has 1 heterocycles. The molecule has 0 radical (unpaired) electrons. The topological polar surface area (TPSA) is 49.4 Å². The van der Waals surface area contributed by atoms with Gasteiger partial charge in [0.1, 0.15) is 0 Å². The lowest BCUT2D eigenvalue weighted by molar-refractivity contribution is -0.137. The summed E-state index contributed by atoms with van der Waals surface area (Å²) in [5.74, 6) is 0.111. The van der Waals surface area contributed by atoms with Gasteiger partial charge >= 0.3 is 6.18 Å². The first-order valence-corrected chi connectivity index (χ1v) is 8.66. The molecule has 2 amide bonds. The smallest absolute Gasteiger partial charge is 0.349 e. The zero-order valence-electron chi connectivity index (χ0n) is 13.6. The molecule has 8 heteroatoms. The summed E-state index contributed by atoms with van der Waals surface area (Å²) in [7, 11) is 0. The molecule has 0 aliphatic carbocycles. The number of piperidine rings is 1. The van der Waals surface area contributed by atoms with Crippen molar-refractivity contribution in [2.45, 2.75) is 37.9 Å². The van der Waals surface area contributed by atoms with Gasteiger partial charge in [0.2, 0.25) is 5.91 Å². The molecule has 0 spiro atoms. The van der Waals surface area contributed by atoms with Gasteiger partial charge in [0.15, 0.2) is 0 Å². The number of carbonyl (C=O) groups excluding carboxylic acids is 2. The van der Waals surface area contributed by atoms with E-state index < -0.39 is 17.6 Å². The van der Waals surface area contributed by atoms with Gasteiger partial charge in [-0.15, -0.1) is 11.6 Å². The molecule has 0 unspecified atom stereocenters. The minimum absolute atomic E-state index is 0.0631. The molecular formula is C17H20ClF3N2O2. The first-order valence-electron chi connectivity index (χ1n) is 8.13. The summed E-state index contributed by atoms with van der Waals surface area (Å²) in [6, 6.07) is 4.04. The number of nitrogens with zero attached hydrogens (tertiary/aromatic N) is 1. The fraction of sp³-hybridized carbons (Fsp3) is 0.529. The third-order valence-electron chi connectivity index (χ3n) is 4.18. The van der Waals surface area contributed by atoms with Crippen molar-refractivity contribution in [3.63, 3.8) is 0 Å². The Morgan fingerprint density at radius 1 is 1.16 bits per heavy atom. The maximum absolute atomic E-state index is 12.5. The van der Waals surface area contributed by atoms with Gasteiger partial charge in [0, 0.05) is 37.0 Å². The van der Waals surface area contributed by atoms with Crippen LogP contribution < -0.4 is 5.32 Å². The third-order valence-corrected chi connectivity index (χ3v) is 4.45. The number of nitrogens with one attached hydrogen (secondary N) is 1. The Hall–Kier alpha value is -1.76. The minimum Gasteiger partial charge on any atom is -0.349 e. The van der Waals surface area contributed by atoms with Crippen molar-refractivity contribution in [3.05, 3.63) is 35.4 Å². The van der Waals surface area contributed by atoms with Crippen molar-refractivity contribution >= 4 is 23.4 Å². The van der Waals surface area contributed by atoms with Crippen LogP contribution in [0.4, 0.5) is 13.2 Å². The van der Waals surface area contributed by atoms with Crippen molar-refractivity contribution < 1.29 is 22.8 Å². The second-order valence-electron chi connectivity index (χ2n) is 6.00. The van der Waals surface area contributed by atoms with Crippen LogP contribution in [0.2, 0.25) is 0 Å². The number of hydrogen-bond acceptors (Lipinski definition) is 2. The molecule has 1 aliphatic heterocycles. The summed E-state index contributed by atoms with van der Waals surface area (Å²) < 4.78 is 37.6. The van der Waals surface area contributed by atoms with E-state index in [2.05, 4.69) is 5.32 Å². The Morgan fingerprint density at radius 3 is 2.28 bits per heavy atom. The second kappa shape index (κ2) is 8.56. The molecule has 0 aromatic heterocycles. The van der Waals surface area contributed by atoms with Crippen LogP contribution in [0.1, 0.15) is 41.6 Å². The predicted molar refractivity (Wildman–Crippen MR) is 88.5 cm³/mol. The molecule has 25 heavy (non-hydrogen) atoms. The van der Waals surface area contributed by atoms with E-state index >= 15 is 0 Å². The molecular weight excluding hydrogens is 357 g/mol. The minimum atomic E-state index is -4.42. The first-order chi connectivity index (χ1) is 11.8. The number of rotatable bonds is 5. The highest BCUT2D eigenvalue weighted by Gasteiger charge is 2.30. The molecule has 0 saturated carbocycles.